The van der Waals surface area contributed by atoms with Crippen LogP contribution in [0.25, 0.3) is 0 Å². The van der Waals surface area contributed by atoms with Crippen LogP contribution in [0.4, 0.5) is 0 Å². The molecule has 0 aromatic carbocycles. The van der Waals surface area contributed by atoms with E-state index in [1.54, 1.807) is 6.26 Å². The highest BCUT2D eigenvalue weighted by atomic mass is 32.2. The van der Waals surface area contributed by atoms with E-state index in [9.17, 15) is 4.79 Å². The molecule has 0 spiro atoms. The monoisotopic (exact) mass is 334 g/mol. The number of hydrogen-bond acceptors (Lipinski definition) is 5. The van der Waals surface area contributed by atoms with E-state index in [2.05, 4.69) is 33.9 Å². The van der Waals surface area contributed by atoms with Crippen molar-refractivity contribution in [1.82, 2.24) is 20.1 Å². The van der Waals surface area contributed by atoms with E-state index in [1.807, 2.05) is 12.1 Å². The molecule has 0 bridgehead atoms. The normalized spacial score (nSPS) is 18.9. The van der Waals surface area contributed by atoms with Gasteiger partial charge in [0, 0.05) is 12.5 Å². The van der Waals surface area contributed by atoms with Gasteiger partial charge in [-0.2, -0.15) is 0 Å². The number of hydrogen-bond donors (Lipinski definition) is 1. The second-order valence-electron chi connectivity index (χ2n) is 6.05. The van der Waals surface area contributed by atoms with Crippen molar-refractivity contribution in [1.29, 1.82) is 0 Å². The molecule has 2 aromatic rings. The standard InChI is InChI=1S/C16H22N4O2S/c1-11(2)14-18-19-16(20(14)10-12-6-5-9-22-12)23-13-7-3-4-8-17-15(13)21/h5-6,9,11,13H,3-4,7-8,10H2,1-2H3,(H,17,21)/t13-/m0/s1. The molecule has 0 aliphatic carbocycles. The quantitative estimate of drug-likeness (QED) is 0.910. The van der Waals surface area contributed by atoms with E-state index in [0.717, 1.165) is 42.5 Å². The first kappa shape index (κ1) is 16.1. The lowest BCUT2D eigenvalue weighted by Crippen LogP contribution is -2.30. The lowest BCUT2D eigenvalue weighted by atomic mass is 10.2. The Hall–Kier alpha value is -1.76. The Balaban J connectivity index is 1.84. The van der Waals surface area contributed by atoms with Crippen LogP contribution in [-0.4, -0.2) is 32.5 Å². The fourth-order valence-electron chi connectivity index (χ4n) is 2.67. The second-order valence-corrected chi connectivity index (χ2v) is 7.22. The molecule has 2 aromatic heterocycles. The van der Waals surface area contributed by atoms with Gasteiger partial charge < -0.3 is 9.73 Å². The van der Waals surface area contributed by atoms with Crippen molar-refractivity contribution in [2.45, 2.75) is 56.0 Å². The molecule has 0 unspecified atom stereocenters. The molecule has 6 nitrogen and oxygen atoms in total. The van der Waals surface area contributed by atoms with Crippen LogP contribution < -0.4 is 5.32 Å². The van der Waals surface area contributed by atoms with Gasteiger partial charge in [0.2, 0.25) is 5.91 Å². The van der Waals surface area contributed by atoms with Crippen molar-refractivity contribution >= 4 is 17.7 Å². The molecule has 1 aliphatic heterocycles. The number of carbonyl (C=O) groups is 1. The van der Waals surface area contributed by atoms with E-state index in [-0.39, 0.29) is 17.1 Å². The zero-order chi connectivity index (χ0) is 16.2. The Morgan fingerprint density at radius 3 is 3.04 bits per heavy atom. The summed E-state index contributed by atoms with van der Waals surface area (Å²) in [6.45, 7) is 5.54. The van der Waals surface area contributed by atoms with Crippen LogP contribution in [0.3, 0.4) is 0 Å². The molecule has 3 heterocycles. The predicted octanol–water partition coefficient (Wildman–Crippen LogP) is 2.80. The molecule has 7 heteroatoms. The molecular formula is C16H22N4O2S. The van der Waals surface area contributed by atoms with Crippen LogP contribution >= 0.6 is 11.8 Å². The van der Waals surface area contributed by atoms with Gasteiger partial charge in [-0.05, 0) is 25.0 Å². The summed E-state index contributed by atoms with van der Waals surface area (Å²) >= 11 is 1.51. The molecule has 1 N–H and O–H groups in total. The molecule has 1 saturated heterocycles. The summed E-state index contributed by atoms with van der Waals surface area (Å²) < 4.78 is 7.52. The highest BCUT2D eigenvalue weighted by molar-refractivity contribution is 8.00. The first-order valence-electron chi connectivity index (χ1n) is 8.05. The number of thioether (sulfide) groups is 1. The number of nitrogens with zero attached hydrogens (tertiary/aromatic N) is 3. The lowest BCUT2D eigenvalue weighted by Gasteiger charge is -2.14. The molecule has 1 atom stereocenters. The summed E-state index contributed by atoms with van der Waals surface area (Å²) in [6, 6.07) is 3.82. The summed E-state index contributed by atoms with van der Waals surface area (Å²) in [7, 11) is 0. The molecule has 3 rings (SSSR count). The topological polar surface area (TPSA) is 73.0 Å². The minimum Gasteiger partial charge on any atom is -0.467 e. The van der Waals surface area contributed by atoms with Gasteiger partial charge in [-0.3, -0.25) is 9.36 Å². The highest BCUT2D eigenvalue weighted by Gasteiger charge is 2.26. The van der Waals surface area contributed by atoms with Gasteiger partial charge >= 0.3 is 0 Å². The Kier molecular flexibility index (Phi) is 5.05. The Bertz CT molecular complexity index is 651. The molecule has 0 radical (unpaired) electrons. The fraction of sp³-hybridized carbons (Fsp3) is 0.562. The fourth-order valence-corrected chi connectivity index (χ4v) is 3.77. The zero-order valence-corrected chi connectivity index (χ0v) is 14.3. The van der Waals surface area contributed by atoms with E-state index in [4.69, 9.17) is 4.42 Å². The van der Waals surface area contributed by atoms with Gasteiger partial charge in [-0.25, -0.2) is 0 Å². The summed E-state index contributed by atoms with van der Waals surface area (Å²) in [6.07, 6.45) is 4.64. The van der Waals surface area contributed by atoms with Crippen molar-refractivity contribution in [2.75, 3.05) is 6.54 Å². The zero-order valence-electron chi connectivity index (χ0n) is 13.5. The van der Waals surface area contributed by atoms with E-state index < -0.39 is 0 Å². The maximum Gasteiger partial charge on any atom is 0.233 e. The van der Waals surface area contributed by atoms with Crippen molar-refractivity contribution in [3.8, 4) is 0 Å². The van der Waals surface area contributed by atoms with Gasteiger partial charge in [0.25, 0.3) is 0 Å². The average molecular weight is 334 g/mol. The van der Waals surface area contributed by atoms with Crippen molar-refractivity contribution in [3.63, 3.8) is 0 Å². The van der Waals surface area contributed by atoms with Crippen LogP contribution in [0.5, 0.6) is 0 Å². The van der Waals surface area contributed by atoms with Crippen LogP contribution in [0.1, 0.15) is 50.6 Å². The first-order valence-corrected chi connectivity index (χ1v) is 8.93. The molecule has 0 saturated carbocycles. The van der Waals surface area contributed by atoms with E-state index in [0.29, 0.717) is 6.54 Å². The number of amides is 1. The third-order valence-corrected chi connectivity index (χ3v) is 5.14. The maximum atomic E-state index is 12.2. The van der Waals surface area contributed by atoms with Gasteiger partial charge in [0.05, 0.1) is 18.1 Å². The van der Waals surface area contributed by atoms with E-state index >= 15 is 0 Å². The van der Waals surface area contributed by atoms with Crippen molar-refractivity contribution in [3.05, 3.63) is 30.0 Å². The molecule has 124 valence electrons. The van der Waals surface area contributed by atoms with Crippen molar-refractivity contribution < 1.29 is 9.21 Å². The molecule has 1 amide bonds. The third-order valence-electron chi connectivity index (χ3n) is 3.89. The number of furan rings is 1. The average Bonchev–Trinajstić information content (AvgIpc) is 3.11. The minimum atomic E-state index is -0.0999. The van der Waals surface area contributed by atoms with Crippen LogP contribution in [0.2, 0.25) is 0 Å². The molecular weight excluding hydrogens is 312 g/mol. The predicted molar refractivity (Wildman–Crippen MR) is 88.4 cm³/mol. The third kappa shape index (κ3) is 3.77. The molecule has 23 heavy (non-hydrogen) atoms. The van der Waals surface area contributed by atoms with Gasteiger partial charge in [-0.1, -0.05) is 32.0 Å². The van der Waals surface area contributed by atoms with Crippen molar-refractivity contribution in [2.24, 2.45) is 0 Å². The first-order chi connectivity index (χ1) is 11.1. The largest absolute Gasteiger partial charge is 0.467 e. The second kappa shape index (κ2) is 7.21. The maximum absolute atomic E-state index is 12.2. The lowest BCUT2D eigenvalue weighted by molar-refractivity contribution is -0.120. The minimum absolute atomic E-state index is 0.0999. The summed E-state index contributed by atoms with van der Waals surface area (Å²) in [5, 5.41) is 12.3. The SMILES string of the molecule is CC(C)c1nnc(S[C@H]2CCCCNC2=O)n1Cc1ccco1. The van der Waals surface area contributed by atoms with Gasteiger partial charge in [0.1, 0.15) is 11.6 Å². The Labute approximate surface area is 140 Å². The Morgan fingerprint density at radius 1 is 1.43 bits per heavy atom. The van der Waals surface area contributed by atoms with Gasteiger partial charge in [-0.15, -0.1) is 10.2 Å². The summed E-state index contributed by atoms with van der Waals surface area (Å²) in [5.74, 6) is 2.14. The highest BCUT2D eigenvalue weighted by Crippen LogP contribution is 2.29. The van der Waals surface area contributed by atoms with Gasteiger partial charge in [0.15, 0.2) is 5.16 Å². The van der Waals surface area contributed by atoms with Crippen LogP contribution in [-0.2, 0) is 11.3 Å². The summed E-state index contributed by atoms with van der Waals surface area (Å²) in [5.41, 5.74) is 0. The van der Waals surface area contributed by atoms with E-state index in [1.165, 1.54) is 11.8 Å². The number of carbonyl (C=O) groups excluding carboxylic acids is 1. The number of rotatable bonds is 5. The smallest absolute Gasteiger partial charge is 0.233 e. The number of nitrogens with one attached hydrogen (secondary N) is 1. The van der Waals surface area contributed by atoms with Crippen LogP contribution in [0.15, 0.2) is 28.0 Å². The number of aromatic nitrogens is 3. The van der Waals surface area contributed by atoms with Crippen LogP contribution in [0, 0.1) is 0 Å². The Morgan fingerprint density at radius 2 is 2.30 bits per heavy atom. The molecule has 1 fully saturated rings. The summed E-state index contributed by atoms with van der Waals surface area (Å²) in [4.78, 5) is 12.2. The molecule has 1 aliphatic rings.